The van der Waals surface area contributed by atoms with Crippen LogP contribution in [0.2, 0.25) is 0 Å². The molecular weight excluding hydrogens is 446 g/mol. The van der Waals surface area contributed by atoms with Gasteiger partial charge in [-0.05, 0) is 48.0 Å². The Morgan fingerprint density at radius 3 is 2.42 bits per heavy atom. The van der Waals surface area contributed by atoms with Gasteiger partial charge in [0.15, 0.2) is 0 Å². The first-order valence-corrected chi connectivity index (χ1v) is 11.3. The first-order chi connectivity index (χ1) is 15.8. The molecule has 3 rings (SSSR count). The Balaban J connectivity index is 1.65. The normalized spacial score (nSPS) is 11.3. The van der Waals surface area contributed by atoms with Crippen molar-refractivity contribution in [2.45, 2.75) is 18.4 Å². The predicted octanol–water partition coefficient (Wildman–Crippen LogP) is 3.38. The van der Waals surface area contributed by atoms with Crippen LogP contribution in [0.25, 0.3) is 6.08 Å². The molecule has 0 saturated carbocycles. The predicted molar refractivity (Wildman–Crippen MR) is 124 cm³/mol. The molecule has 0 atom stereocenters. The average molecular weight is 470 g/mol. The van der Waals surface area contributed by atoms with E-state index in [1.165, 1.54) is 38.5 Å². The highest BCUT2D eigenvalue weighted by Crippen LogP contribution is 2.27. The highest BCUT2D eigenvalue weighted by Gasteiger charge is 2.14. The molecule has 0 bridgehead atoms. The number of rotatable bonds is 9. The van der Waals surface area contributed by atoms with Crippen LogP contribution in [0.15, 0.2) is 76.2 Å². The van der Waals surface area contributed by atoms with Crippen LogP contribution < -0.4 is 20.1 Å². The molecule has 0 aliphatic rings. The van der Waals surface area contributed by atoms with Crippen molar-refractivity contribution < 1.29 is 27.2 Å². The van der Waals surface area contributed by atoms with Gasteiger partial charge < -0.3 is 19.8 Å². The molecule has 172 valence electrons. The van der Waals surface area contributed by atoms with E-state index in [9.17, 15) is 18.0 Å². The van der Waals surface area contributed by atoms with E-state index in [2.05, 4.69) is 15.4 Å². The van der Waals surface area contributed by atoms with Gasteiger partial charge in [0.2, 0.25) is 21.8 Å². The van der Waals surface area contributed by atoms with E-state index in [-0.39, 0.29) is 17.3 Å². The Hall–Kier alpha value is -3.89. The summed E-state index contributed by atoms with van der Waals surface area (Å²) in [6, 6.07) is 14.3. The Bertz CT molecular complexity index is 1250. The summed E-state index contributed by atoms with van der Waals surface area (Å²) in [6.45, 7) is 1.41. The zero-order valence-corrected chi connectivity index (χ0v) is 18.8. The Morgan fingerprint density at radius 1 is 1.03 bits per heavy atom. The Kier molecular flexibility index (Phi) is 7.65. The molecule has 0 aliphatic carbocycles. The summed E-state index contributed by atoms with van der Waals surface area (Å²) < 4.78 is 37.5. The third-order valence-electron chi connectivity index (χ3n) is 4.43. The summed E-state index contributed by atoms with van der Waals surface area (Å²) in [7, 11) is -2.21. The van der Waals surface area contributed by atoms with Crippen LogP contribution >= 0.6 is 0 Å². The quantitative estimate of drug-likeness (QED) is 0.413. The molecule has 0 spiro atoms. The number of anilines is 2. The standard InChI is InChI=1S/C23H23N3O6S/c1-16(27)25-21-11-8-18(31-2)14-22(21)26-23(28)12-7-17-5-9-20(10-6-17)33(29,30)24-15-19-4-3-13-32-19/h3-14,24H,15H2,1-2H3,(H,25,27)(H,26,28)/b12-7+. The molecule has 1 aromatic heterocycles. The SMILES string of the molecule is COc1ccc(NC(C)=O)c(NC(=O)/C=C/c2ccc(S(=O)(=O)NCc3ccco3)cc2)c1. The number of carbonyl (C=O) groups excluding carboxylic acids is 2. The van der Waals surface area contributed by atoms with Crippen molar-refractivity contribution in [2.75, 3.05) is 17.7 Å². The van der Waals surface area contributed by atoms with E-state index in [1.807, 2.05) is 0 Å². The van der Waals surface area contributed by atoms with Gasteiger partial charge in [0.05, 0.1) is 36.2 Å². The van der Waals surface area contributed by atoms with Gasteiger partial charge in [0, 0.05) is 19.1 Å². The lowest BCUT2D eigenvalue weighted by Crippen LogP contribution is -2.22. The van der Waals surface area contributed by atoms with Gasteiger partial charge in [-0.2, -0.15) is 0 Å². The number of amides is 2. The third kappa shape index (κ3) is 6.79. The summed E-state index contributed by atoms with van der Waals surface area (Å²) in [6.07, 6.45) is 4.31. The fourth-order valence-corrected chi connectivity index (χ4v) is 3.81. The molecule has 0 saturated heterocycles. The summed E-state index contributed by atoms with van der Waals surface area (Å²) >= 11 is 0. The topological polar surface area (TPSA) is 127 Å². The average Bonchev–Trinajstić information content (AvgIpc) is 3.31. The minimum atomic E-state index is -3.71. The highest BCUT2D eigenvalue weighted by atomic mass is 32.2. The van der Waals surface area contributed by atoms with E-state index in [0.717, 1.165) is 0 Å². The van der Waals surface area contributed by atoms with E-state index < -0.39 is 15.9 Å². The molecule has 0 radical (unpaired) electrons. The number of hydrogen-bond acceptors (Lipinski definition) is 6. The van der Waals surface area contributed by atoms with Crippen LogP contribution in [-0.4, -0.2) is 27.3 Å². The Morgan fingerprint density at radius 2 is 1.79 bits per heavy atom. The summed E-state index contributed by atoms with van der Waals surface area (Å²) in [4.78, 5) is 23.9. The lowest BCUT2D eigenvalue weighted by atomic mass is 10.2. The summed E-state index contributed by atoms with van der Waals surface area (Å²) in [5, 5.41) is 5.33. The van der Waals surface area contributed by atoms with Crippen molar-refractivity contribution in [2.24, 2.45) is 0 Å². The van der Waals surface area contributed by atoms with Crippen molar-refractivity contribution in [3.63, 3.8) is 0 Å². The minimum absolute atomic E-state index is 0.0436. The van der Waals surface area contributed by atoms with E-state index >= 15 is 0 Å². The zero-order chi connectivity index (χ0) is 23.8. The van der Waals surface area contributed by atoms with Crippen molar-refractivity contribution >= 4 is 39.3 Å². The number of furan rings is 1. The first-order valence-electron chi connectivity index (χ1n) is 9.83. The minimum Gasteiger partial charge on any atom is -0.497 e. The lowest BCUT2D eigenvalue weighted by molar-refractivity contribution is -0.114. The van der Waals surface area contributed by atoms with E-state index in [0.29, 0.717) is 28.4 Å². The second-order valence-corrected chi connectivity index (χ2v) is 8.66. The largest absolute Gasteiger partial charge is 0.497 e. The van der Waals surface area contributed by atoms with E-state index in [1.54, 1.807) is 48.5 Å². The summed E-state index contributed by atoms with van der Waals surface area (Å²) in [5.74, 6) is 0.300. The fraction of sp³-hybridized carbons (Fsp3) is 0.130. The van der Waals surface area contributed by atoms with Gasteiger partial charge in [-0.15, -0.1) is 0 Å². The van der Waals surface area contributed by atoms with Crippen LogP contribution in [0.4, 0.5) is 11.4 Å². The second kappa shape index (κ2) is 10.6. The van der Waals surface area contributed by atoms with Crippen LogP contribution in [0.3, 0.4) is 0 Å². The number of methoxy groups -OCH3 is 1. The number of sulfonamides is 1. The third-order valence-corrected chi connectivity index (χ3v) is 5.85. The highest BCUT2D eigenvalue weighted by molar-refractivity contribution is 7.89. The molecule has 1 heterocycles. The van der Waals surface area contributed by atoms with Gasteiger partial charge in [0.1, 0.15) is 11.5 Å². The van der Waals surface area contributed by atoms with Crippen LogP contribution in [0, 0.1) is 0 Å². The molecule has 33 heavy (non-hydrogen) atoms. The molecule has 2 amide bonds. The molecule has 9 nitrogen and oxygen atoms in total. The van der Waals surface area contributed by atoms with Crippen molar-refractivity contribution in [3.8, 4) is 5.75 Å². The van der Waals surface area contributed by atoms with Crippen molar-refractivity contribution in [1.82, 2.24) is 4.72 Å². The number of carbonyl (C=O) groups is 2. The Labute approximate surface area is 191 Å². The maximum absolute atomic E-state index is 12.4. The second-order valence-electron chi connectivity index (χ2n) is 6.89. The number of hydrogen-bond donors (Lipinski definition) is 3. The maximum atomic E-state index is 12.4. The molecule has 0 unspecified atom stereocenters. The first kappa shape index (κ1) is 23.8. The van der Waals surface area contributed by atoms with Crippen molar-refractivity contribution in [3.05, 3.63) is 78.3 Å². The van der Waals surface area contributed by atoms with E-state index in [4.69, 9.17) is 9.15 Å². The van der Waals surface area contributed by atoms with Gasteiger partial charge in [-0.1, -0.05) is 12.1 Å². The smallest absolute Gasteiger partial charge is 0.248 e. The summed E-state index contributed by atoms with van der Waals surface area (Å²) in [5.41, 5.74) is 1.44. The van der Waals surface area contributed by atoms with Gasteiger partial charge in [-0.25, -0.2) is 13.1 Å². The number of nitrogens with one attached hydrogen (secondary N) is 3. The molecule has 3 aromatic rings. The van der Waals surface area contributed by atoms with Gasteiger partial charge in [0.25, 0.3) is 0 Å². The number of ether oxygens (including phenoxy) is 1. The maximum Gasteiger partial charge on any atom is 0.248 e. The molecule has 10 heteroatoms. The molecule has 0 fully saturated rings. The van der Waals surface area contributed by atoms with Crippen LogP contribution in [-0.2, 0) is 26.2 Å². The fourth-order valence-electron chi connectivity index (χ4n) is 2.82. The van der Waals surface area contributed by atoms with Gasteiger partial charge >= 0.3 is 0 Å². The molecular formula is C23H23N3O6S. The molecule has 3 N–H and O–H groups in total. The van der Waals surface area contributed by atoms with Crippen LogP contribution in [0.5, 0.6) is 5.75 Å². The van der Waals surface area contributed by atoms with Crippen LogP contribution in [0.1, 0.15) is 18.2 Å². The number of benzene rings is 2. The monoisotopic (exact) mass is 469 g/mol. The van der Waals surface area contributed by atoms with Crippen molar-refractivity contribution in [1.29, 1.82) is 0 Å². The molecule has 0 aliphatic heterocycles. The lowest BCUT2D eigenvalue weighted by Gasteiger charge is -2.12. The van der Waals surface area contributed by atoms with Gasteiger partial charge in [-0.3, -0.25) is 9.59 Å². The molecule has 2 aromatic carbocycles. The zero-order valence-electron chi connectivity index (χ0n) is 18.0.